The largest absolute Gasteiger partial charge is 0.147 e. The summed E-state index contributed by atoms with van der Waals surface area (Å²) in [6.07, 6.45) is 7.75. The Morgan fingerprint density at radius 3 is 1.29 bits per heavy atom. The van der Waals surface area contributed by atoms with E-state index in [1.807, 2.05) is 6.66 Å². The Morgan fingerprint density at radius 2 is 1.07 bits per heavy atom. The molecule has 0 aromatic heterocycles. The Balaban J connectivity index is 0.00000364. The first kappa shape index (κ1) is 28.6. The van der Waals surface area contributed by atoms with Gasteiger partial charge in [0.1, 0.15) is 0 Å². The Hall–Kier alpha value is 0.627. The average molecular weight is 609 g/mol. The average Bonchev–Trinajstić information content (AvgIpc) is 3.08. The van der Waals surface area contributed by atoms with Crippen molar-refractivity contribution in [1.29, 1.82) is 0 Å². The molecule has 0 N–H and O–H groups in total. The molecule has 0 aromatic carbocycles. The Bertz CT molecular complexity index is 626. The molecule has 0 fully saturated rings. The Morgan fingerprint density at radius 1 is 0.750 bits per heavy atom. The molecule has 0 aliphatic heterocycles. The first-order valence-electron chi connectivity index (χ1n) is 10.6. The van der Waals surface area contributed by atoms with Gasteiger partial charge in [0.05, 0.1) is 0 Å². The minimum Gasteiger partial charge on any atom is -0.147 e. The molecule has 0 atom stereocenters. The maximum atomic E-state index is 2.57. The quantitative estimate of drug-likeness (QED) is 0.275. The van der Waals surface area contributed by atoms with Crippen LogP contribution in [0, 0.1) is 10.8 Å². The van der Waals surface area contributed by atoms with Crippen molar-refractivity contribution in [2.75, 3.05) is 0 Å². The van der Waals surface area contributed by atoms with Crippen molar-refractivity contribution in [3.63, 3.8) is 0 Å². The van der Waals surface area contributed by atoms with Gasteiger partial charge < -0.3 is 0 Å². The van der Waals surface area contributed by atoms with Gasteiger partial charge in [-0.1, -0.05) is 0 Å². The molecule has 0 saturated carbocycles. The van der Waals surface area contributed by atoms with Gasteiger partial charge in [-0.3, -0.25) is 0 Å². The summed E-state index contributed by atoms with van der Waals surface area (Å²) in [5.74, 6) is -0.622. The van der Waals surface area contributed by atoms with Crippen molar-refractivity contribution < 1.29 is 20.6 Å². The van der Waals surface area contributed by atoms with Crippen LogP contribution in [-0.2, 0) is 20.6 Å². The van der Waals surface area contributed by atoms with Gasteiger partial charge in [0, 0.05) is 0 Å². The molecule has 0 aromatic rings. The third-order valence-electron chi connectivity index (χ3n) is 6.44. The molecule has 0 unspecified atom stereocenters. The van der Waals surface area contributed by atoms with Crippen LogP contribution < -0.4 is 0 Å². The predicted octanol–water partition coefficient (Wildman–Crippen LogP) is 8.51. The zero-order chi connectivity index (χ0) is 19.9. The third kappa shape index (κ3) is 6.31. The Labute approximate surface area is 196 Å². The first-order valence-corrected chi connectivity index (χ1v) is 22.6. The SMILES string of the molecule is CC[SiH](CC)[Hf]([C]1=C(C)C=C(C(C)(C)C)C1)[C]1=C(C)C=C(C(C)(C)C)C1.Cl.Cl. The molecule has 0 radical (unpaired) electrons. The molecule has 28 heavy (non-hydrogen) atoms. The second-order valence-corrected chi connectivity index (χ2v) is 34.3. The van der Waals surface area contributed by atoms with Crippen LogP contribution in [0.5, 0.6) is 0 Å². The van der Waals surface area contributed by atoms with Crippen molar-refractivity contribution in [2.24, 2.45) is 10.8 Å². The van der Waals surface area contributed by atoms with Crippen molar-refractivity contribution in [3.8, 4) is 0 Å². The molecule has 0 spiro atoms. The summed E-state index contributed by atoms with van der Waals surface area (Å²) in [6.45, 7) is 24.2. The van der Waals surface area contributed by atoms with Crippen LogP contribution in [0.25, 0.3) is 0 Å². The van der Waals surface area contributed by atoms with E-state index in [1.165, 1.54) is 24.9 Å². The van der Waals surface area contributed by atoms with E-state index >= 15 is 0 Å². The van der Waals surface area contributed by atoms with E-state index in [0.717, 1.165) is 0 Å². The van der Waals surface area contributed by atoms with Gasteiger partial charge in [-0.05, 0) is 0 Å². The molecule has 2 rings (SSSR count). The van der Waals surface area contributed by atoms with Crippen molar-refractivity contribution in [2.45, 2.75) is 94.2 Å². The predicted molar refractivity (Wildman–Crippen MR) is 132 cm³/mol. The summed E-state index contributed by atoms with van der Waals surface area (Å²) in [4.78, 5) is 0. The van der Waals surface area contributed by atoms with E-state index in [0.29, 0.717) is 10.8 Å². The zero-order valence-corrected chi connectivity index (χ0v) is 26.3. The van der Waals surface area contributed by atoms with Crippen molar-refractivity contribution in [3.05, 3.63) is 41.1 Å². The summed E-state index contributed by atoms with van der Waals surface area (Å²) >= 11 is -1.93. The van der Waals surface area contributed by atoms with Crippen LogP contribution in [0.2, 0.25) is 12.1 Å². The number of halogens is 2. The van der Waals surface area contributed by atoms with Gasteiger partial charge in [0.2, 0.25) is 0 Å². The minimum atomic E-state index is -1.93. The number of hydrogen-bond acceptors (Lipinski definition) is 0. The second kappa shape index (κ2) is 10.8. The molecule has 0 heterocycles. The number of rotatable bonds is 5. The van der Waals surface area contributed by atoms with Gasteiger partial charge in [-0.25, -0.2) is 0 Å². The maximum absolute atomic E-state index is 2.57. The normalized spacial score (nSPS) is 17.5. The van der Waals surface area contributed by atoms with Crippen molar-refractivity contribution in [1.82, 2.24) is 0 Å². The molecular weight excluding hydrogens is 566 g/mol. The van der Waals surface area contributed by atoms with E-state index < -0.39 is 26.6 Å². The summed E-state index contributed by atoms with van der Waals surface area (Å²) in [5.41, 5.74) is 7.36. The first-order chi connectivity index (χ1) is 11.9. The van der Waals surface area contributed by atoms with E-state index in [9.17, 15) is 0 Å². The van der Waals surface area contributed by atoms with Crippen LogP contribution in [-0.4, -0.2) is 5.98 Å². The fraction of sp³-hybridized carbons (Fsp3) is 0.667. The van der Waals surface area contributed by atoms with Crippen LogP contribution in [0.1, 0.15) is 82.1 Å². The van der Waals surface area contributed by atoms with Crippen LogP contribution in [0.3, 0.4) is 0 Å². The minimum absolute atomic E-state index is 0. The molecule has 4 heteroatoms. The molecule has 0 bridgehead atoms. The van der Waals surface area contributed by atoms with Crippen molar-refractivity contribution >= 4 is 30.8 Å². The monoisotopic (exact) mass is 609 g/mol. The smallest absolute Gasteiger partial charge is 0.147 e. The van der Waals surface area contributed by atoms with Crippen LogP contribution in [0.4, 0.5) is 0 Å². The van der Waals surface area contributed by atoms with E-state index in [2.05, 4.69) is 81.4 Å². The van der Waals surface area contributed by atoms with Gasteiger partial charge >= 0.3 is 173 Å². The zero-order valence-electron chi connectivity index (χ0n) is 19.9. The molecule has 0 saturated heterocycles. The standard InChI is InChI=1S/2C10H15.C4H11Si.2ClH.Hf/c2*1-8-5-6-9(7-8)10(2,3)4;1-3-5-4-2;;;/h2*7H,6H2,1-4H3;5H,3-4H2,1-2H3;2*1H;. The molecule has 0 nitrogen and oxygen atoms in total. The van der Waals surface area contributed by atoms with Crippen LogP contribution >= 0.6 is 24.8 Å². The molecule has 161 valence electrons. The summed E-state index contributed by atoms with van der Waals surface area (Å²) in [7, 11) is 0. The second-order valence-electron chi connectivity index (χ2n) is 10.4. The van der Waals surface area contributed by atoms with E-state index in [4.69, 9.17) is 0 Å². The topological polar surface area (TPSA) is 0 Å². The van der Waals surface area contributed by atoms with E-state index in [1.54, 1.807) is 22.3 Å². The third-order valence-corrected chi connectivity index (χ3v) is 41.3. The van der Waals surface area contributed by atoms with Gasteiger partial charge in [0.15, 0.2) is 0 Å². The fourth-order valence-corrected chi connectivity index (χ4v) is 39.2. The fourth-order valence-electron chi connectivity index (χ4n) is 4.41. The Kier molecular flexibility index (Phi) is 11.0. The molecule has 2 aliphatic carbocycles. The number of hydrogen-bond donors (Lipinski definition) is 0. The molecular formula is C24H43Cl2HfSi. The number of allylic oxidation sites excluding steroid dienone is 8. The van der Waals surface area contributed by atoms with Gasteiger partial charge in [0.25, 0.3) is 0 Å². The van der Waals surface area contributed by atoms with Gasteiger partial charge in [-0.15, -0.1) is 24.8 Å². The van der Waals surface area contributed by atoms with Gasteiger partial charge in [-0.2, -0.15) is 0 Å². The molecule has 2 aliphatic rings. The summed E-state index contributed by atoms with van der Waals surface area (Å²) < 4.78 is 3.97. The van der Waals surface area contributed by atoms with Crippen LogP contribution in [0.15, 0.2) is 41.1 Å². The summed E-state index contributed by atoms with van der Waals surface area (Å²) in [5, 5.41) is 0. The van der Waals surface area contributed by atoms with E-state index in [-0.39, 0.29) is 24.8 Å². The molecule has 0 amide bonds. The summed E-state index contributed by atoms with van der Waals surface area (Å²) in [6, 6.07) is 3.00. The maximum Gasteiger partial charge on any atom is -0.147 e.